The van der Waals surface area contributed by atoms with Gasteiger partial charge in [-0.25, -0.2) is 0 Å². The number of hydrogen-bond acceptors (Lipinski definition) is 3. The van der Waals surface area contributed by atoms with Crippen molar-refractivity contribution in [2.24, 2.45) is 5.92 Å². The van der Waals surface area contributed by atoms with Crippen molar-refractivity contribution in [3.63, 3.8) is 0 Å². The summed E-state index contributed by atoms with van der Waals surface area (Å²) in [4.78, 5) is 2.17. The summed E-state index contributed by atoms with van der Waals surface area (Å²) in [5.74, 6) is 0.641. The highest BCUT2D eigenvalue weighted by Gasteiger charge is 1.93. The monoisotopic (exact) mass is 188 g/mol. The maximum Gasteiger partial charge on any atom is 0.0591 e. The van der Waals surface area contributed by atoms with Gasteiger partial charge in [0.25, 0.3) is 0 Å². The first-order valence-electron chi connectivity index (χ1n) is 5.06. The third-order valence-corrected chi connectivity index (χ3v) is 1.61. The molecule has 0 saturated carbocycles. The van der Waals surface area contributed by atoms with Crippen molar-refractivity contribution in [3.05, 3.63) is 0 Å². The maximum absolute atomic E-state index is 5.43. The highest BCUT2D eigenvalue weighted by atomic mass is 16.5. The minimum atomic E-state index is 0.641. The average Bonchev–Trinajstić information content (AvgIpc) is 2.01. The van der Waals surface area contributed by atoms with Crippen molar-refractivity contribution < 1.29 is 4.74 Å². The molecule has 0 aromatic heterocycles. The van der Waals surface area contributed by atoms with Crippen molar-refractivity contribution in [2.75, 3.05) is 46.9 Å². The summed E-state index contributed by atoms with van der Waals surface area (Å²) in [5, 5.41) is 3.32. The van der Waals surface area contributed by atoms with Gasteiger partial charge in [0, 0.05) is 26.2 Å². The van der Waals surface area contributed by atoms with Crippen LogP contribution in [0.25, 0.3) is 0 Å². The molecule has 1 N–H and O–H groups in total. The Kier molecular flexibility index (Phi) is 8.40. The van der Waals surface area contributed by atoms with Gasteiger partial charge in [0.15, 0.2) is 0 Å². The van der Waals surface area contributed by atoms with Crippen LogP contribution in [-0.4, -0.2) is 51.8 Å². The second-order valence-corrected chi connectivity index (χ2v) is 4.02. The van der Waals surface area contributed by atoms with Gasteiger partial charge in [-0.05, 0) is 20.0 Å². The van der Waals surface area contributed by atoms with Crippen molar-refractivity contribution in [1.82, 2.24) is 10.2 Å². The lowest BCUT2D eigenvalue weighted by molar-refractivity contribution is 0.111. The number of nitrogens with one attached hydrogen (secondary N) is 1. The Bertz CT molecular complexity index is 93.1. The fourth-order valence-electron chi connectivity index (χ4n) is 0.891. The van der Waals surface area contributed by atoms with Crippen LogP contribution in [0.2, 0.25) is 0 Å². The topological polar surface area (TPSA) is 24.5 Å². The Labute approximate surface area is 82.4 Å². The summed E-state index contributed by atoms with van der Waals surface area (Å²) in [6.45, 7) is 9.11. The van der Waals surface area contributed by atoms with Crippen LogP contribution in [-0.2, 0) is 4.74 Å². The molecular formula is C10H24N2O. The molecule has 0 aromatic rings. The first-order valence-corrected chi connectivity index (χ1v) is 5.06. The van der Waals surface area contributed by atoms with E-state index in [9.17, 15) is 0 Å². The van der Waals surface area contributed by atoms with Crippen LogP contribution in [0.15, 0.2) is 0 Å². The Balaban J connectivity index is 2.92. The highest BCUT2D eigenvalue weighted by Crippen LogP contribution is 1.90. The molecule has 0 heterocycles. The molecule has 3 heteroatoms. The lowest BCUT2D eigenvalue weighted by Gasteiger charge is -2.11. The molecule has 80 valence electrons. The molecule has 3 nitrogen and oxygen atoms in total. The second-order valence-electron chi connectivity index (χ2n) is 4.02. The zero-order valence-corrected chi connectivity index (χ0v) is 9.47. The zero-order chi connectivity index (χ0) is 10.1. The first kappa shape index (κ1) is 12.9. The second kappa shape index (κ2) is 8.48. The van der Waals surface area contributed by atoms with Crippen LogP contribution < -0.4 is 5.32 Å². The van der Waals surface area contributed by atoms with Crippen molar-refractivity contribution >= 4 is 0 Å². The fourth-order valence-corrected chi connectivity index (χ4v) is 0.891. The molecule has 0 aliphatic heterocycles. The summed E-state index contributed by atoms with van der Waals surface area (Å²) < 4.78 is 5.43. The van der Waals surface area contributed by atoms with Gasteiger partial charge < -0.3 is 15.0 Å². The van der Waals surface area contributed by atoms with Crippen molar-refractivity contribution in [2.45, 2.75) is 13.8 Å². The van der Waals surface area contributed by atoms with E-state index in [2.05, 4.69) is 38.2 Å². The van der Waals surface area contributed by atoms with Crippen LogP contribution in [0, 0.1) is 5.92 Å². The summed E-state index contributed by atoms with van der Waals surface area (Å²) in [6, 6.07) is 0. The molecule has 0 radical (unpaired) electrons. The van der Waals surface area contributed by atoms with Gasteiger partial charge in [-0.1, -0.05) is 13.8 Å². The van der Waals surface area contributed by atoms with E-state index in [-0.39, 0.29) is 0 Å². The van der Waals surface area contributed by atoms with Gasteiger partial charge in [-0.3, -0.25) is 0 Å². The lowest BCUT2D eigenvalue weighted by Crippen LogP contribution is -2.29. The molecule has 0 atom stereocenters. The van der Waals surface area contributed by atoms with E-state index in [4.69, 9.17) is 4.74 Å². The van der Waals surface area contributed by atoms with Crippen LogP contribution in [0.1, 0.15) is 13.8 Å². The summed E-state index contributed by atoms with van der Waals surface area (Å²) in [5.41, 5.74) is 0. The lowest BCUT2D eigenvalue weighted by atomic mass is 10.2. The Hall–Kier alpha value is -0.120. The maximum atomic E-state index is 5.43. The predicted octanol–water partition coefficient (Wildman–Crippen LogP) is 0.810. The highest BCUT2D eigenvalue weighted by molar-refractivity contribution is 4.50. The van der Waals surface area contributed by atoms with Gasteiger partial charge in [0.2, 0.25) is 0 Å². The van der Waals surface area contributed by atoms with E-state index in [1.807, 2.05) is 0 Å². The van der Waals surface area contributed by atoms with Gasteiger partial charge >= 0.3 is 0 Å². The Morgan fingerprint density at radius 3 is 2.46 bits per heavy atom. The van der Waals surface area contributed by atoms with Crippen LogP contribution in [0.4, 0.5) is 0 Å². The standard InChI is InChI=1S/C10H24N2O/c1-10(2)9-13-8-6-11-5-7-12(3)4/h10-11H,5-9H2,1-4H3. The molecule has 0 bridgehead atoms. The fraction of sp³-hybridized carbons (Fsp3) is 1.00. The number of likely N-dealkylation sites (N-methyl/N-ethyl adjacent to an activating group) is 1. The van der Waals surface area contributed by atoms with Crippen molar-refractivity contribution in [3.8, 4) is 0 Å². The molecule has 0 aliphatic carbocycles. The van der Waals surface area contributed by atoms with Gasteiger partial charge in [-0.15, -0.1) is 0 Å². The normalized spacial score (nSPS) is 11.5. The van der Waals surface area contributed by atoms with E-state index in [0.29, 0.717) is 5.92 Å². The summed E-state index contributed by atoms with van der Waals surface area (Å²) in [6.07, 6.45) is 0. The zero-order valence-electron chi connectivity index (χ0n) is 9.47. The number of nitrogens with zero attached hydrogens (tertiary/aromatic N) is 1. The van der Waals surface area contributed by atoms with Crippen LogP contribution in [0.5, 0.6) is 0 Å². The molecule has 0 saturated heterocycles. The summed E-state index contributed by atoms with van der Waals surface area (Å²) >= 11 is 0. The molecule has 0 rings (SSSR count). The molecular weight excluding hydrogens is 164 g/mol. The SMILES string of the molecule is CC(C)COCCNCCN(C)C. The Morgan fingerprint density at radius 2 is 1.92 bits per heavy atom. The quantitative estimate of drug-likeness (QED) is 0.571. The first-order chi connectivity index (χ1) is 6.13. The third-order valence-electron chi connectivity index (χ3n) is 1.61. The molecule has 13 heavy (non-hydrogen) atoms. The van der Waals surface area contributed by atoms with E-state index in [0.717, 1.165) is 32.8 Å². The van der Waals surface area contributed by atoms with E-state index < -0.39 is 0 Å². The molecule has 0 spiro atoms. The summed E-state index contributed by atoms with van der Waals surface area (Å²) in [7, 11) is 4.16. The largest absolute Gasteiger partial charge is 0.380 e. The van der Waals surface area contributed by atoms with E-state index in [1.165, 1.54) is 0 Å². The van der Waals surface area contributed by atoms with Gasteiger partial charge in [-0.2, -0.15) is 0 Å². The van der Waals surface area contributed by atoms with Gasteiger partial charge in [0.05, 0.1) is 6.61 Å². The van der Waals surface area contributed by atoms with E-state index >= 15 is 0 Å². The molecule has 0 unspecified atom stereocenters. The average molecular weight is 188 g/mol. The number of ether oxygens (including phenoxy) is 1. The molecule has 0 amide bonds. The predicted molar refractivity (Wildman–Crippen MR) is 57.1 cm³/mol. The van der Waals surface area contributed by atoms with Crippen LogP contribution >= 0.6 is 0 Å². The third kappa shape index (κ3) is 11.9. The molecule has 0 fully saturated rings. The smallest absolute Gasteiger partial charge is 0.0591 e. The van der Waals surface area contributed by atoms with Crippen LogP contribution in [0.3, 0.4) is 0 Å². The minimum Gasteiger partial charge on any atom is -0.380 e. The Morgan fingerprint density at radius 1 is 1.23 bits per heavy atom. The van der Waals surface area contributed by atoms with E-state index in [1.54, 1.807) is 0 Å². The molecule has 0 aliphatic rings. The van der Waals surface area contributed by atoms with Gasteiger partial charge in [0.1, 0.15) is 0 Å². The minimum absolute atomic E-state index is 0.641. The number of rotatable bonds is 8. The van der Waals surface area contributed by atoms with Crippen molar-refractivity contribution in [1.29, 1.82) is 0 Å². The number of hydrogen-bond donors (Lipinski definition) is 1. The molecule has 0 aromatic carbocycles.